The fraction of sp³-hybridized carbons (Fsp3) is 0.588. The normalized spacial score (nSPS) is 22.0. The molecule has 4 nitrogen and oxygen atoms in total. The van der Waals surface area contributed by atoms with Crippen LogP contribution < -0.4 is 5.32 Å². The number of hydrogen-bond acceptors (Lipinski definition) is 3. The summed E-state index contributed by atoms with van der Waals surface area (Å²) >= 11 is 0. The zero-order valence-electron chi connectivity index (χ0n) is 13.0. The number of rotatable bonds is 8. The van der Waals surface area contributed by atoms with Crippen LogP contribution in [0.15, 0.2) is 30.3 Å². The number of ether oxygens (including phenoxy) is 1. The monoisotopic (exact) mass is 290 g/mol. The average molecular weight is 290 g/mol. The Morgan fingerprint density at radius 1 is 1.24 bits per heavy atom. The molecule has 1 heterocycles. The second-order valence-corrected chi connectivity index (χ2v) is 5.55. The molecule has 1 saturated heterocycles. The Balaban J connectivity index is 2.06. The van der Waals surface area contributed by atoms with Crippen molar-refractivity contribution in [3.63, 3.8) is 0 Å². The quantitative estimate of drug-likeness (QED) is 0.749. The van der Waals surface area contributed by atoms with Gasteiger partial charge in [-0.2, -0.15) is 0 Å². The summed E-state index contributed by atoms with van der Waals surface area (Å²) in [5.41, 5.74) is 1.16. The van der Waals surface area contributed by atoms with E-state index in [9.17, 15) is 4.79 Å². The standard InChI is InChI=1S/C17H26N2O2/c1-3-9-15-17(20)19(12-7-8-13-21-2)16(18-15)14-10-5-4-6-11-14/h4-6,10-11,15-16,18H,3,7-9,12-13H2,1-2H3. The summed E-state index contributed by atoms with van der Waals surface area (Å²) < 4.78 is 5.09. The molecule has 1 aliphatic heterocycles. The first-order chi connectivity index (χ1) is 10.3. The molecule has 2 rings (SSSR count). The Labute approximate surface area is 127 Å². The second kappa shape index (κ2) is 8.15. The molecule has 2 unspecified atom stereocenters. The molecular weight excluding hydrogens is 264 g/mol. The first-order valence-corrected chi connectivity index (χ1v) is 7.88. The minimum Gasteiger partial charge on any atom is -0.385 e. The molecule has 1 amide bonds. The minimum absolute atomic E-state index is 0.0118. The number of hydrogen-bond donors (Lipinski definition) is 1. The lowest BCUT2D eigenvalue weighted by atomic mass is 10.1. The summed E-state index contributed by atoms with van der Waals surface area (Å²) in [5.74, 6) is 0.239. The summed E-state index contributed by atoms with van der Waals surface area (Å²) in [7, 11) is 1.71. The van der Waals surface area contributed by atoms with E-state index in [1.54, 1.807) is 7.11 Å². The van der Waals surface area contributed by atoms with Gasteiger partial charge in [0.25, 0.3) is 0 Å². The zero-order chi connectivity index (χ0) is 15.1. The van der Waals surface area contributed by atoms with Gasteiger partial charge in [0.15, 0.2) is 0 Å². The van der Waals surface area contributed by atoms with E-state index in [-0.39, 0.29) is 18.1 Å². The molecule has 2 atom stereocenters. The summed E-state index contributed by atoms with van der Waals surface area (Å²) in [4.78, 5) is 14.6. The van der Waals surface area contributed by atoms with Crippen LogP contribution >= 0.6 is 0 Å². The van der Waals surface area contributed by atoms with Gasteiger partial charge in [-0.05, 0) is 24.8 Å². The van der Waals surface area contributed by atoms with E-state index in [4.69, 9.17) is 4.74 Å². The van der Waals surface area contributed by atoms with Gasteiger partial charge in [0.2, 0.25) is 5.91 Å². The number of unbranched alkanes of at least 4 members (excludes halogenated alkanes) is 1. The summed E-state index contributed by atoms with van der Waals surface area (Å²) in [6, 6.07) is 10.2. The smallest absolute Gasteiger partial charge is 0.241 e. The topological polar surface area (TPSA) is 41.6 Å². The molecule has 0 aliphatic carbocycles. The van der Waals surface area contributed by atoms with Gasteiger partial charge in [0.1, 0.15) is 6.17 Å². The van der Waals surface area contributed by atoms with Crippen molar-refractivity contribution in [1.29, 1.82) is 0 Å². The van der Waals surface area contributed by atoms with Crippen molar-refractivity contribution in [2.75, 3.05) is 20.3 Å². The maximum Gasteiger partial charge on any atom is 0.241 e. The van der Waals surface area contributed by atoms with Gasteiger partial charge in [-0.15, -0.1) is 0 Å². The number of amides is 1. The third-order valence-corrected chi connectivity index (χ3v) is 3.94. The van der Waals surface area contributed by atoms with Gasteiger partial charge in [-0.3, -0.25) is 10.1 Å². The molecule has 4 heteroatoms. The lowest BCUT2D eigenvalue weighted by molar-refractivity contribution is -0.130. The SMILES string of the molecule is CCCC1NC(c2ccccc2)N(CCCCOC)C1=O. The third kappa shape index (κ3) is 4.05. The van der Waals surface area contributed by atoms with Crippen LogP contribution in [0.4, 0.5) is 0 Å². The van der Waals surface area contributed by atoms with Gasteiger partial charge in [-0.25, -0.2) is 0 Å². The fourth-order valence-electron chi connectivity index (χ4n) is 2.85. The van der Waals surface area contributed by atoms with Gasteiger partial charge >= 0.3 is 0 Å². The Bertz CT molecular complexity index is 436. The lowest BCUT2D eigenvalue weighted by Gasteiger charge is -2.24. The molecule has 0 saturated carbocycles. The molecule has 0 bridgehead atoms. The van der Waals surface area contributed by atoms with Crippen LogP contribution in [0.25, 0.3) is 0 Å². The fourth-order valence-corrected chi connectivity index (χ4v) is 2.85. The number of nitrogens with one attached hydrogen (secondary N) is 1. The van der Waals surface area contributed by atoms with Crippen LogP contribution in [-0.4, -0.2) is 37.1 Å². The maximum absolute atomic E-state index is 12.6. The molecule has 1 fully saturated rings. The van der Waals surface area contributed by atoms with Crippen molar-refractivity contribution in [3.8, 4) is 0 Å². The predicted molar refractivity (Wildman–Crippen MR) is 83.8 cm³/mol. The van der Waals surface area contributed by atoms with E-state index in [2.05, 4.69) is 24.4 Å². The zero-order valence-corrected chi connectivity index (χ0v) is 13.0. The Morgan fingerprint density at radius 3 is 2.67 bits per heavy atom. The molecule has 0 spiro atoms. The van der Waals surface area contributed by atoms with Crippen LogP contribution in [0.2, 0.25) is 0 Å². The highest BCUT2D eigenvalue weighted by Crippen LogP contribution is 2.27. The average Bonchev–Trinajstić information content (AvgIpc) is 2.82. The number of carbonyl (C=O) groups excluding carboxylic acids is 1. The molecule has 0 aromatic heterocycles. The first kappa shape index (κ1) is 16.0. The number of benzene rings is 1. The molecule has 1 N–H and O–H groups in total. The van der Waals surface area contributed by atoms with Crippen LogP contribution in [0.3, 0.4) is 0 Å². The van der Waals surface area contributed by atoms with Crippen molar-refractivity contribution < 1.29 is 9.53 Å². The number of carbonyl (C=O) groups is 1. The Kier molecular flexibility index (Phi) is 6.21. The highest BCUT2D eigenvalue weighted by molar-refractivity contribution is 5.84. The van der Waals surface area contributed by atoms with Crippen molar-refractivity contribution in [2.45, 2.75) is 44.8 Å². The third-order valence-electron chi connectivity index (χ3n) is 3.94. The van der Waals surface area contributed by atoms with Crippen LogP contribution in [0.5, 0.6) is 0 Å². The van der Waals surface area contributed by atoms with Crippen molar-refractivity contribution in [1.82, 2.24) is 10.2 Å². The molecule has 21 heavy (non-hydrogen) atoms. The summed E-state index contributed by atoms with van der Waals surface area (Å²) in [5, 5.41) is 3.49. The van der Waals surface area contributed by atoms with Gasteiger partial charge < -0.3 is 9.64 Å². The highest BCUT2D eigenvalue weighted by Gasteiger charge is 2.38. The number of nitrogens with zero attached hydrogens (tertiary/aromatic N) is 1. The largest absolute Gasteiger partial charge is 0.385 e. The highest BCUT2D eigenvalue weighted by atomic mass is 16.5. The molecule has 1 aliphatic rings. The Hall–Kier alpha value is -1.39. The van der Waals surface area contributed by atoms with E-state index in [0.29, 0.717) is 0 Å². The Morgan fingerprint density at radius 2 is 2.00 bits per heavy atom. The predicted octanol–water partition coefficient (Wildman–Crippen LogP) is 2.71. The maximum atomic E-state index is 12.6. The van der Waals surface area contributed by atoms with Gasteiger partial charge in [0.05, 0.1) is 6.04 Å². The van der Waals surface area contributed by atoms with Crippen molar-refractivity contribution in [2.24, 2.45) is 0 Å². The summed E-state index contributed by atoms with van der Waals surface area (Å²) in [6.45, 7) is 3.66. The van der Waals surface area contributed by atoms with E-state index in [1.807, 2.05) is 23.1 Å². The van der Waals surface area contributed by atoms with Gasteiger partial charge in [0, 0.05) is 20.3 Å². The lowest BCUT2D eigenvalue weighted by Crippen LogP contribution is -2.32. The molecule has 1 aromatic rings. The van der Waals surface area contributed by atoms with E-state index in [0.717, 1.165) is 44.4 Å². The first-order valence-electron chi connectivity index (χ1n) is 7.88. The van der Waals surface area contributed by atoms with E-state index >= 15 is 0 Å². The van der Waals surface area contributed by atoms with Crippen LogP contribution in [0.1, 0.15) is 44.3 Å². The molecule has 116 valence electrons. The molecular formula is C17H26N2O2. The number of methoxy groups -OCH3 is 1. The van der Waals surface area contributed by atoms with Gasteiger partial charge in [-0.1, -0.05) is 43.7 Å². The molecule has 1 aromatic carbocycles. The molecule has 0 radical (unpaired) electrons. The van der Waals surface area contributed by atoms with Crippen LogP contribution in [0, 0.1) is 0 Å². The van der Waals surface area contributed by atoms with E-state index in [1.165, 1.54) is 0 Å². The second-order valence-electron chi connectivity index (χ2n) is 5.55. The van der Waals surface area contributed by atoms with Crippen molar-refractivity contribution >= 4 is 5.91 Å². The minimum atomic E-state index is -0.0392. The van der Waals surface area contributed by atoms with E-state index < -0.39 is 0 Å². The summed E-state index contributed by atoms with van der Waals surface area (Å²) in [6.07, 6.45) is 3.89. The van der Waals surface area contributed by atoms with Crippen molar-refractivity contribution in [3.05, 3.63) is 35.9 Å². The van der Waals surface area contributed by atoms with Crippen LogP contribution in [-0.2, 0) is 9.53 Å².